The number of benzene rings is 3. The van der Waals surface area contributed by atoms with Crippen LogP contribution in [0, 0.1) is 5.92 Å². The molecule has 3 aromatic carbocycles. The van der Waals surface area contributed by atoms with Gasteiger partial charge in [0.25, 0.3) is 5.91 Å². The van der Waals surface area contributed by atoms with E-state index in [2.05, 4.69) is 40.1 Å². The van der Waals surface area contributed by atoms with Gasteiger partial charge in [-0.05, 0) is 84.3 Å². The molecule has 35 heavy (non-hydrogen) atoms. The normalized spacial score (nSPS) is 19.7. The van der Waals surface area contributed by atoms with Crippen LogP contribution in [0.25, 0.3) is 10.8 Å². The molecule has 6 rings (SSSR count). The smallest absolute Gasteiger partial charge is 0.254 e. The maximum Gasteiger partial charge on any atom is 0.254 e. The molecule has 0 saturated carbocycles. The molecule has 0 aromatic heterocycles. The number of carbonyl (C=O) groups is 1. The van der Waals surface area contributed by atoms with Gasteiger partial charge >= 0.3 is 0 Å². The lowest BCUT2D eigenvalue weighted by atomic mass is 9.93. The van der Waals surface area contributed by atoms with E-state index in [0.717, 1.165) is 68.2 Å². The number of fused-ring (bicyclic) bond motifs is 3. The zero-order valence-corrected chi connectivity index (χ0v) is 20.3. The predicted octanol–water partition coefficient (Wildman–Crippen LogP) is 4.53. The Balaban J connectivity index is 1.06. The lowest BCUT2D eigenvalue weighted by Crippen LogP contribution is -2.45. The first kappa shape index (κ1) is 22.2. The van der Waals surface area contributed by atoms with Gasteiger partial charge in [-0.15, -0.1) is 0 Å². The number of likely N-dealkylation sites (tertiary alicyclic amines) is 1. The summed E-state index contributed by atoms with van der Waals surface area (Å²) in [6.45, 7) is 5.11. The van der Waals surface area contributed by atoms with Crippen molar-refractivity contribution in [3.63, 3.8) is 0 Å². The Labute approximate surface area is 206 Å². The topological polar surface area (TPSA) is 51.2 Å². The summed E-state index contributed by atoms with van der Waals surface area (Å²) >= 11 is 0. The molecule has 3 aliphatic heterocycles. The zero-order chi connectivity index (χ0) is 23.8. The second kappa shape index (κ2) is 9.42. The van der Waals surface area contributed by atoms with Crippen LogP contribution in [0.5, 0.6) is 17.2 Å². The fourth-order valence-electron chi connectivity index (χ4n) is 5.75. The third-order valence-corrected chi connectivity index (χ3v) is 7.68. The van der Waals surface area contributed by atoms with E-state index in [1.165, 1.54) is 29.2 Å². The van der Waals surface area contributed by atoms with E-state index < -0.39 is 0 Å². The molecule has 3 aliphatic rings. The van der Waals surface area contributed by atoms with Crippen molar-refractivity contribution in [2.75, 3.05) is 46.6 Å². The molecule has 1 saturated heterocycles. The molecule has 1 amide bonds. The Kier molecular flexibility index (Phi) is 5.98. The average Bonchev–Trinajstić information content (AvgIpc) is 3.35. The van der Waals surface area contributed by atoms with E-state index in [1.807, 2.05) is 18.2 Å². The number of hydrogen-bond acceptors (Lipinski definition) is 5. The van der Waals surface area contributed by atoms with Crippen LogP contribution in [0.4, 0.5) is 0 Å². The average molecular weight is 473 g/mol. The van der Waals surface area contributed by atoms with Gasteiger partial charge in [0.1, 0.15) is 5.75 Å². The highest BCUT2D eigenvalue weighted by Gasteiger charge is 2.30. The lowest BCUT2D eigenvalue weighted by molar-refractivity contribution is 0.0662. The highest BCUT2D eigenvalue weighted by atomic mass is 16.7. The van der Waals surface area contributed by atoms with Crippen LogP contribution in [0.15, 0.2) is 48.5 Å². The highest BCUT2D eigenvalue weighted by Crippen LogP contribution is 2.37. The van der Waals surface area contributed by atoms with Crippen LogP contribution in [0.1, 0.15) is 34.3 Å². The van der Waals surface area contributed by atoms with E-state index in [0.29, 0.717) is 11.7 Å². The molecular weight excluding hydrogens is 440 g/mol. The third-order valence-electron chi connectivity index (χ3n) is 7.68. The number of rotatable bonds is 6. The van der Waals surface area contributed by atoms with Crippen LogP contribution in [-0.2, 0) is 12.8 Å². The SMILES string of the molecule is COc1ccc2cc(CCN3CCCC(CN4CCc5cc6c(cc5C4=O)OCO6)C3)ccc2c1. The predicted molar refractivity (Wildman–Crippen MR) is 136 cm³/mol. The molecule has 1 atom stereocenters. The Bertz CT molecular complexity index is 1260. The molecule has 0 N–H and O–H groups in total. The minimum Gasteiger partial charge on any atom is -0.497 e. The van der Waals surface area contributed by atoms with E-state index in [1.54, 1.807) is 7.11 Å². The van der Waals surface area contributed by atoms with Gasteiger partial charge in [-0.2, -0.15) is 0 Å². The van der Waals surface area contributed by atoms with E-state index >= 15 is 0 Å². The Morgan fingerprint density at radius 1 is 1.00 bits per heavy atom. The summed E-state index contributed by atoms with van der Waals surface area (Å²) in [5.74, 6) is 3.00. The third kappa shape index (κ3) is 4.55. The summed E-state index contributed by atoms with van der Waals surface area (Å²) in [5, 5.41) is 2.47. The van der Waals surface area contributed by atoms with Crippen molar-refractivity contribution in [2.45, 2.75) is 25.7 Å². The monoisotopic (exact) mass is 472 g/mol. The first-order valence-corrected chi connectivity index (χ1v) is 12.7. The Hall–Kier alpha value is -3.25. The Morgan fingerprint density at radius 2 is 1.83 bits per heavy atom. The van der Waals surface area contributed by atoms with Gasteiger partial charge in [-0.1, -0.05) is 24.3 Å². The van der Waals surface area contributed by atoms with Gasteiger partial charge in [0.2, 0.25) is 6.79 Å². The molecular formula is C29H32N2O4. The summed E-state index contributed by atoms with van der Waals surface area (Å²) in [5.41, 5.74) is 3.23. The van der Waals surface area contributed by atoms with Crippen LogP contribution in [0.3, 0.4) is 0 Å². The number of amides is 1. The summed E-state index contributed by atoms with van der Waals surface area (Å²) in [4.78, 5) is 17.9. The summed E-state index contributed by atoms with van der Waals surface area (Å²) in [6.07, 6.45) is 4.30. The van der Waals surface area contributed by atoms with Crippen molar-refractivity contribution in [1.29, 1.82) is 0 Å². The van der Waals surface area contributed by atoms with Crippen molar-refractivity contribution in [3.05, 3.63) is 65.2 Å². The Morgan fingerprint density at radius 3 is 2.71 bits per heavy atom. The molecule has 1 fully saturated rings. The molecule has 0 bridgehead atoms. The second-order valence-electron chi connectivity index (χ2n) is 9.97. The molecule has 182 valence electrons. The maximum atomic E-state index is 13.2. The molecule has 0 aliphatic carbocycles. The van der Waals surface area contributed by atoms with Gasteiger partial charge in [-0.25, -0.2) is 0 Å². The van der Waals surface area contributed by atoms with Crippen molar-refractivity contribution >= 4 is 16.7 Å². The standard InChI is InChI=1S/C29H32N2O4/c1-33-25-7-6-22-13-20(4-5-23(22)14-25)8-11-30-10-2-3-21(17-30)18-31-12-9-24-15-27-28(35-19-34-27)16-26(24)29(31)32/h4-7,13-16,21H,2-3,8-12,17-19H2,1H3. The van der Waals surface area contributed by atoms with E-state index in [9.17, 15) is 4.79 Å². The molecule has 6 heteroatoms. The van der Waals surface area contributed by atoms with Crippen LogP contribution in [0.2, 0.25) is 0 Å². The summed E-state index contributed by atoms with van der Waals surface area (Å²) in [6, 6.07) is 16.8. The van der Waals surface area contributed by atoms with Gasteiger partial charge in [0, 0.05) is 31.7 Å². The minimum absolute atomic E-state index is 0.134. The summed E-state index contributed by atoms with van der Waals surface area (Å²) in [7, 11) is 1.71. The van der Waals surface area contributed by atoms with Crippen molar-refractivity contribution in [1.82, 2.24) is 9.80 Å². The van der Waals surface area contributed by atoms with Gasteiger partial charge in [0.15, 0.2) is 11.5 Å². The lowest BCUT2D eigenvalue weighted by Gasteiger charge is -2.37. The maximum absolute atomic E-state index is 13.2. The second-order valence-corrected chi connectivity index (χ2v) is 9.97. The first-order chi connectivity index (χ1) is 17.2. The number of hydrogen-bond donors (Lipinski definition) is 0. The molecule has 0 radical (unpaired) electrons. The minimum atomic E-state index is 0.134. The van der Waals surface area contributed by atoms with Crippen LogP contribution >= 0.6 is 0 Å². The largest absolute Gasteiger partial charge is 0.497 e. The van der Waals surface area contributed by atoms with Gasteiger partial charge in [0.05, 0.1) is 7.11 Å². The number of piperidine rings is 1. The van der Waals surface area contributed by atoms with Crippen molar-refractivity contribution < 1.29 is 19.0 Å². The van der Waals surface area contributed by atoms with Gasteiger partial charge in [-0.3, -0.25) is 4.79 Å². The molecule has 6 nitrogen and oxygen atoms in total. The fraction of sp³-hybridized carbons (Fsp3) is 0.414. The molecule has 3 aromatic rings. The van der Waals surface area contributed by atoms with Crippen LogP contribution < -0.4 is 14.2 Å². The zero-order valence-electron chi connectivity index (χ0n) is 20.3. The fourth-order valence-corrected chi connectivity index (χ4v) is 5.75. The molecule has 0 spiro atoms. The van der Waals surface area contributed by atoms with Gasteiger partial charge < -0.3 is 24.0 Å². The highest BCUT2D eigenvalue weighted by molar-refractivity contribution is 5.97. The summed E-state index contributed by atoms with van der Waals surface area (Å²) < 4.78 is 16.3. The first-order valence-electron chi connectivity index (χ1n) is 12.7. The number of ether oxygens (including phenoxy) is 3. The van der Waals surface area contributed by atoms with E-state index in [-0.39, 0.29) is 12.7 Å². The number of methoxy groups -OCH3 is 1. The van der Waals surface area contributed by atoms with E-state index in [4.69, 9.17) is 14.2 Å². The van der Waals surface area contributed by atoms with Crippen molar-refractivity contribution in [2.24, 2.45) is 5.92 Å². The quantitative estimate of drug-likeness (QED) is 0.528. The number of nitrogens with zero attached hydrogens (tertiary/aromatic N) is 2. The van der Waals surface area contributed by atoms with Crippen molar-refractivity contribution in [3.8, 4) is 17.2 Å². The molecule has 1 unspecified atom stereocenters. The van der Waals surface area contributed by atoms with Crippen LogP contribution in [-0.4, -0.2) is 62.3 Å². The number of carbonyl (C=O) groups excluding carboxylic acids is 1. The molecule has 3 heterocycles.